The average molecular weight is 294 g/mol. The minimum atomic E-state index is -0.315. The second-order valence-corrected chi connectivity index (χ2v) is 6.09. The first-order valence-corrected chi connectivity index (χ1v) is 8.09. The van der Waals surface area contributed by atoms with Crippen molar-refractivity contribution in [1.29, 1.82) is 0 Å². The summed E-state index contributed by atoms with van der Waals surface area (Å²) in [6.07, 6.45) is 7.27. The molecule has 1 fully saturated rings. The van der Waals surface area contributed by atoms with Crippen LogP contribution in [0.5, 0.6) is 0 Å². The largest absolute Gasteiger partial charge is 0.373 e. The van der Waals surface area contributed by atoms with Crippen molar-refractivity contribution in [3.05, 3.63) is 29.8 Å². The van der Waals surface area contributed by atoms with Crippen LogP contribution in [0.2, 0.25) is 0 Å². The highest BCUT2D eigenvalue weighted by Crippen LogP contribution is 2.44. The molecule has 1 heterocycles. The summed E-state index contributed by atoms with van der Waals surface area (Å²) in [6.45, 7) is 7.78. The second-order valence-electron chi connectivity index (χ2n) is 6.09. The third kappa shape index (κ3) is 3.61. The fourth-order valence-corrected chi connectivity index (χ4v) is 3.71. The molecule has 1 aromatic heterocycles. The van der Waals surface area contributed by atoms with Gasteiger partial charge in [-0.1, -0.05) is 26.7 Å². The number of nitrogens with one attached hydrogen (secondary N) is 1. The molecule has 1 aliphatic rings. The molecule has 3 nitrogen and oxygen atoms in total. The van der Waals surface area contributed by atoms with Crippen molar-refractivity contribution >= 4 is 0 Å². The molecule has 21 heavy (non-hydrogen) atoms. The van der Waals surface area contributed by atoms with Gasteiger partial charge in [0.15, 0.2) is 0 Å². The van der Waals surface area contributed by atoms with E-state index in [4.69, 9.17) is 4.74 Å². The van der Waals surface area contributed by atoms with Crippen molar-refractivity contribution in [2.45, 2.75) is 58.1 Å². The lowest BCUT2D eigenvalue weighted by Gasteiger charge is -2.45. The quantitative estimate of drug-likeness (QED) is 0.865. The maximum absolute atomic E-state index is 14.3. The Morgan fingerprint density at radius 3 is 2.95 bits per heavy atom. The lowest BCUT2D eigenvalue weighted by molar-refractivity contribution is -0.102. The lowest BCUT2D eigenvalue weighted by atomic mass is 9.72. The number of hydrogen-bond acceptors (Lipinski definition) is 3. The van der Waals surface area contributed by atoms with Crippen LogP contribution in [0.15, 0.2) is 18.5 Å². The van der Waals surface area contributed by atoms with Crippen molar-refractivity contribution in [3.8, 4) is 0 Å². The zero-order valence-corrected chi connectivity index (χ0v) is 13.4. The molecule has 0 aliphatic heterocycles. The van der Waals surface area contributed by atoms with Gasteiger partial charge in [-0.3, -0.25) is 4.98 Å². The summed E-state index contributed by atoms with van der Waals surface area (Å²) in [6, 6.07) is 1.66. The Morgan fingerprint density at radius 2 is 2.33 bits per heavy atom. The van der Waals surface area contributed by atoms with Crippen LogP contribution in [0, 0.1) is 11.7 Å². The van der Waals surface area contributed by atoms with Crippen LogP contribution in [0.4, 0.5) is 4.39 Å². The van der Waals surface area contributed by atoms with Crippen molar-refractivity contribution in [1.82, 2.24) is 10.3 Å². The number of halogens is 1. The summed E-state index contributed by atoms with van der Waals surface area (Å²) in [4.78, 5) is 3.87. The van der Waals surface area contributed by atoms with E-state index >= 15 is 0 Å². The van der Waals surface area contributed by atoms with Crippen LogP contribution in [0.3, 0.4) is 0 Å². The van der Waals surface area contributed by atoms with Gasteiger partial charge in [0, 0.05) is 18.4 Å². The fourth-order valence-electron chi connectivity index (χ4n) is 3.71. The Morgan fingerprint density at radius 1 is 1.52 bits per heavy atom. The maximum atomic E-state index is 14.3. The summed E-state index contributed by atoms with van der Waals surface area (Å²) in [7, 11) is 0. The summed E-state index contributed by atoms with van der Waals surface area (Å²) >= 11 is 0. The molecule has 0 amide bonds. The maximum Gasteiger partial charge on any atom is 0.146 e. The zero-order chi connectivity index (χ0) is 15.3. The van der Waals surface area contributed by atoms with Crippen LogP contribution in [-0.4, -0.2) is 23.7 Å². The molecule has 1 saturated carbocycles. The second kappa shape index (κ2) is 7.32. The van der Waals surface area contributed by atoms with Gasteiger partial charge in [-0.05, 0) is 38.3 Å². The van der Waals surface area contributed by atoms with E-state index in [1.165, 1.54) is 12.6 Å². The molecule has 3 atom stereocenters. The molecule has 3 unspecified atom stereocenters. The zero-order valence-electron chi connectivity index (χ0n) is 13.4. The summed E-state index contributed by atoms with van der Waals surface area (Å²) < 4.78 is 20.5. The fraction of sp³-hybridized carbons (Fsp3) is 0.706. The molecule has 0 bridgehead atoms. The Balaban J connectivity index is 2.39. The van der Waals surface area contributed by atoms with Crippen LogP contribution >= 0.6 is 0 Å². The van der Waals surface area contributed by atoms with Gasteiger partial charge in [0.2, 0.25) is 0 Å². The first-order chi connectivity index (χ1) is 10.1. The number of hydrogen-bond donors (Lipinski definition) is 1. The van der Waals surface area contributed by atoms with Crippen LogP contribution in [0.25, 0.3) is 0 Å². The number of aromatic nitrogens is 1. The molecule has 118 valence electrons. The predicted molar refractivity (Wildman–Crippen MR) is 82.6 cm³/mol. The molecule has 0 radical (unpaired) electrons. The van der Waals surface area contributed by atoms with E-state index in [9.17, 15) is 4.39 Å². The minimum absolute atomic E-state index is 0.117. The molecule has 0 saturated heterocycles. The van der Waals surface area contributed by atoms with E-state index in [2.05, 4.69) is 24.1 Å². The van der Waals surface area contributed by atoms with Gasteiger partial charge in [0.1, 0.15) is 5.82 Å². The molecule has 4 heteroatoms. The number of pyridine rings is 1. The van der Waals surface area contributed by atoms with E-state index in [1.807, 2.05) is 6.92 Å². The Kier molecular flexibility index (Phi) is 5.71. The van der Waals surface area contributed by atoms with E-state index in [1.54, 1.807) is 12.3 Å². The first kappa shape index (κ1) is 16.4. The molecule has 2 rings (SSSR count). The van der Waals surface area contributed by atoms with Gasteiger partial charge in [-0.15, -0.1) is 0 Å². The molecule has 0 aromatic carbocycles. The average Bonchev–Trinajstić information content (AvgIpc) is 2.46. The normalized spacial score (nSPS) is 27.5. The van der Waals surface area contributed by atoms with E-state index in [0.29, 0.717) is 18.1 Å². The van der Waals surface area contributed by atoms with Crippen LogP contribution in [-0.2, 0) is 4.74 Å². The van der Waals surface area contributed by atoms with Gasteiger partial charge >= 0.3 is 0 Å². The highest BCUT2D eigenvalue weighted by molar-refractivity contribution is 5.22. The monoisotopic (exact) mass is 294 g/mol. The van der Waals surface area contributed by atoms with Gasteiger partial charge in [0.25, 0.3) is 0 Å². The standard InChI is InChI=1S/C17H27FN2O/c1-4-20-16(14-8-10-19-12-15(14)18)17(21-5-2)9-6-7-13(3)11-17/h8,10,12-13,16,20H,4-7,9,11H2,1-3H3. The predicted octanol–water partition coefficient (Wildman–Crippen LogP) is 3.86. The first-order valence-electron chi connectivity index (χ1n) is 8.09. The van der Waals surface area contributed by atoms with E-state index < -0.39 is 0 Å². The summed E-state index contributed by atoms with van der Waals surface area (Å²) in [5, 5.41) is 3.46. The van der Waals surface area contributed by atoms with Gasteiger partial charge in [-0.25, -0.2) is 4.39 Å². The highest BCUT2D eigenvalue weighted by atomic mass is 19.1. The third-order valence-electron chi connectivity index (χ3n) is 4.47. The summed E-state index contributed by atoms with van der Waals surface area (Å²) in [5.74, 6) is 0.358. The van der Waals surface area contributed by atoms with Gasteiger partial charge < -0.3 is 10.1 Å². The van der Waals surface area contributed by atoms with Gasteiger partial charge in [0.05, 0.1) is 17.8 Å². The van der Waals surface area contributed by atoms with Crippen LogP contribution < -0.4 is 5.32 Å². The molecule has 0 spiro atoms. The Labute approximate surface area is 127 Å². The topological polar surface area (TPSA) is 34.2 Å². The minimum Gasteiger partial charge on any atom is -0.373 e. The Hall–Kier alpha value is -1.00. The number of likely N-dealkylation sites (N-methyl/N-ethyl adjacent to an activating group) is 1. The van der Waals surface area contributed by atoms with Gasteiger partial charge in [-0.2, -0.15) is 0 Å². The SMILES string of the molecule is CCNC(c1ccncc1F)C1(OCC)CCCC(C)C1. The Bertz CT molecular complexity index is 450. The van der Waals surface area contributed by atoms with E-state index in [0.717, 1.165) is 25.8 Å². The van der Waals surface area contributed by atoms with Crippen molar-refractivity contribution in [2.75, 3.05) is 13.2 Å². The molecule has 1 aliphatic carbocycles. The van der Waals surface area contributed by atoms with E-state index in [-0.39, 0.29) is 17.5 Å². The molecule has 1 N–H and O–H groups in total. The smallest absolute Gasteiger partial charge is 0.146 e. The molecule has 1 aromatic rings. The molecular weight excluding hydrogens is 267 g/mol. The summed E-state index contributed by atoms with van der Waals surface area (Å²) in [5.41, 5.74) is 0.361. The highest BCUT2D eigenvalue weighted by Gasteiger charge is 2.44. The number of rotatable bonds is 6. The van der Waals surface area contributed by atoms with Crippen molar-refractivity contribution in [2.24, 2.45) is 5.92 Å². The molecular formula is C17H27FN2O. The third-order valence-corrected chi connectivity index (χ3v) is 4.47. The van der Waals surface area contributed by atoms with Crippen molar-refractivity contribution < 1.29 is 9.13 Å². The van der Waals surface area contributed by atoms with Crippen molar-refractivity contribution in [3.63, 3.8) is 0 Å². The number of nitrogens with zero attached hydrogens (tertiary/aromatic N) is 1. The lowest BCUT2D eigenvalue weighted by Crippen LogP contribution is -2.49. The van der Waals surface area contributed by atoms with Crippen LogP contribution in [0.1, 0.15) is 58.1 Å². The number of ether oxygens (including phenoxy) is 1.